The van der Waals surface area contributed by atoms with Crippen molar-refractivity contribution in [3.63, 3.8) is 0 Å². The van der Waals surface area contributed by atoms with Gasteiger partial charge in [0.25, 0.3) is 0 Å². The van der Waals surface area contributed by atoms with Crippen LogP contribution in [0.5, 0.6) is 0 Å². The maximum atomic E-state index is 12.9. The maximum absolute atomic E-state index is 12.9. The highest BCUT2D eigenvalue weighted by molar-refractivity contribution is 6.00. The van der Waals surface area contributed by atoms with E-state index in [1.165, 1.54) is 5.56 Å². The van der Waals surface area contributed by atoms with Crippen LogP contribution in [0.2, 0.25) is 0 Å². The first-order valence-corrected chi connectivity index (χ1v) is 10.9. The summed E-state index contributed by atoms with van der Waals surface area (Å²) in [6.45, 7) is 2.19. The lowest BCUT2D eigenvalue weighted by atomic mass is 9.91. The predicted octanol–water partition coefficient (Wildman–Crippen LogP) is 3.07. The number of aliphatic hydroxyl groups is 1. The van der Waals surface area contributed by atoms with Gasteiger partial charge in [0.1, 0.15) is 0 Å². The molecule has 0 radical (unpaired) electrons. The van der Waals surface area contributed by atoms with E-state index in [2.05, 4.69) is 22.3 Å². The van der Waals surface area contributed by atoms with Gasteiger partial charge in [0.2, 0.25) is 5.91 Å². The van der Waals surface area contributed by atoms with Crippen LogP contribution < -0.4 is 5.32 Å². The van der Waals surface area contributed by atoms with Gasteiger partial charge in [-0.05, 0) is 60.4 Å². The fourth-order valence-electron chi connectivity index (χ4n) is 5.66. The number of nitrogens with zero attached hydrogens (tertiary/aromatic N) is 1. The highest BCUT2D eigenvalue weighted by Crippen LogP contribution is 2.45. The molecule has 2 unspecified atom stereocenters. The molecule has 156 valence electrons. The molecule has 2 aromatic rings. The molecule has 3 aliphatic rings. The molecule has 2 fully saturated rings. The maximum Gasteiger partial charge on any atom is 0.224 e. The lowest BCUT2D eigenvalue weighted by molar-refractivity contribution is -0.116. The van der Waals surface area contributed by atoms with E-state index < -0.39 is 5.60 Å². The zero-order valence-electron chi connectivity index (χ0n) is 17.1. The van der Waals surface area contributed by atoms with E-state index in [-0.39, 0.29) is 11.7 Å². The van der Waals surface area contributed by atoms with Gasteiger partial charge < -0.3 is 10.4 Å². The monoisotopic (exact) mass is 404 g/mol. The first kappa shape index (κ1) is 19.5. The van der Waals surface area contributed by atoms with Crippen LogP contribution in [0.3, 0.4) is 0 Å². The Labute approximate surface area is 177 Å². The molecule has 2 heterocycles. The smallest absolute Gasteiger partial charge is 0.224 e. The predicted molar refractivity (Wildman–Crippen MR) is 115 cm³/mol. The van der Waals surface area contributed by atoms with Crippen molar-refractivity contribution < 1.29 is 14.7 Å². The van der Waals surface area contributed by atoms with Crippen LogP contribution in [0, 0.1) is 11.8 Å². The van der Waals surface area contributed by atoms with Crippen LogP contribution in [-0.4, -0.2) is 46.9 Å². The summed E-state index contributed by atoms with van der Waals surface area (Å²) in [7, 11) is 0. The number of carbonyl (C=O) groups is 2. The average molecular weight is 405 g/mol. The number of nitrogens with one attached hydrogen (secondary N) is 1. The molecule has 1 amide bonds. The Kier molecular flexibility index (Phi) is 4.95. The minimum atomic E-state index is -0.615. The summed E-state index contributed by atoms with van der Waals surface area (Å²) in [5.41, 5.74) is 3.18. The Balaban J connectivity index is 1.18. The van der Waals surface area contributed by atoms with E-state index in [0.717, 1.165) is 42.7 Å². The standard InChI is InChI=1S/C25H28N2O3/c28-23(19-6-8-22-18(10-19)7-9-24(29)26-22)16-27-14-20-12-25(30,13-21(20)15-27)11-17-4-2-1-3-5-17/h1-6,8,10,20-21,30H,7,9,11-16H2,(H,26,29)/t20-,21?,25?/m0/s1. The van der Waals surface area contributed by atoms with Crippen molar-refractivity contribution in [3.05, 3.63) is 65.2 Å². The van der Waals surface area contributed by atoms with Crippen molar-refractivity contribution in [1.29, 1.82) is 0 Å². The number of benzene rings is 2. The molecule has 1 saturated heterocycles. The molecule has 0 spiro atoms. The van der Waals surface area contributed by atoms with Gasteiger partial charge >= 0.3 is 0 Å². The molecule has 2 aromatic carbocycles. The van der Waals surface area contributed by atoms with Gasteiger partial charge in [0, 0.05) is 37.2 Å². The molecule has 0 bridgehead atoms. The largest absolute Gasteiger partial charge is 0.390 e. The Morgan fingerprint density at radius 3 is 2.53 bits per heavy atom. The minimum Gasteiger partial charge on any atom is -0.390 e. The van der Waals surface area contributed by atoms with Crippen LogP contribution >= 0.6 is 0 Å². The van der Waals surface area contributed by atoms with Crippen LogP contribution in [0.25, 0.3) is 0 Å². The van der Waals surface area contributed by atoms with Crippen molar-refractivity contribution in [2.45, 2.75) is 37.7 Å². The van der Waals surface area contributed by atoms with Crippen molar-refractivity contribution in [2.75, 3.05) is 25.0 Å². The summed E-state index contributed by atoms with van der Waals surface area (Å²) in [6, 6.07) is 15.8. The normalized spacial score (nSPS) is 28.1. The van der Waals surface area contributed by atoms with E-state index in [4.69, 9.17) is 0 Å². The molecule has 30 heavy (non-hydrogen) atoms. The zero-order chi connectivity index (χ0) is 20.7. The van der Waals surface area contributed by atoms with Gasteiger partial charge in [0.05, 0.1) is 12.1 Å². The van der Waals surface area contributed by atoms with Gasteiger partial charge in [-0.2, -0.15) is 0 Å². The average Bonchev–Trinajstić information content (AvgIpc) is 3.21. The molecule has 2 N–H and O–H groups in total. The van der Waals surface area contributed by atoms with Crippen molar-refractivity contribution in [2.24, 2.45) is 11.8 Å². The molecule has 1 aliphatic carbocycles. The van der Waals surface area contributed by atoms with Gasteiger partial charge in [0.15, 0.2) is 5.78 Å². The quantitative estimate of drug-likeness (QED) is 0.752. The molecule has 0 aromatic heterocycles. The number of aryl methyl sites for hydroxylation is 1. The Hall–Kier alpha value is -2.50. The molecular formula is C25H28N2O3. The van der Waals surface area contributed by atoms with Gasteiger partial charge in [-0.15, -0.1) is 0 Å². The molecule has 2 aliphatic heterocycles. The van der Waals surface area contributed by atoms with Crippen molar-refractivity contribution in [1.82, 2.24) is 4.90 Å². The second-order valence-corrected chi connectivity index (χ2v) is 9.35. The fraction of sp³-hybridized carbons (Fsp3) is 0.440. The lowest BCUT2D eigenvalue weighted by Crippen LogP contribution is -2.34. The molecule has 5 rings (SSSR count). The molecular weight excluding hydrogens is 376 g/mol. The highest BCUT2D eigenvalue weighted by Gasteiger charge is 2.48. The summed E-state index contributed by atoms with van der Waals surface area (Å²) >= 11 is 0. The number of Topliss-reactive ketones (excluding diaryl/α,β-unsaturated/α-hetero) is 1. The van der Waals surface area contributed by atoms with Crippen molar-refractivity contribution >= 4 is 17.4 Å². The summed E-state index contributed by atoms with van der Waals surface area (Å²) in [4.78, 5) is 26.6. The van der Waals surface area contributed by atoms with E-state index in [9.17, 15) is 14.7 Å². The highest BCUT2D eigenvalue weighted by atomic mass is 16.3. The topological polar surface area (TPSA) is 69.6 Å². The third-order valence-electron chi connectivity index (χ3n) is 7.00. The number of carbonyl (C=O) groups excluding carboxylic acids is 2. The summed E-state index contributed by atoms with van der Waals surface area (Å²) < 4.78 is 0. The molecule has 3 atom stereocenters. The third-order valence-corrected chi connectivity index (χ3v) is 7.00. The van der Waals surface area contributed by atoms with Crippen LogP contribution in [-0.2, 0) is 17.6 Å². The first-order chi connectivity index (χ1) is 14.5. The number of likely N-dealkylation sites (tertiary alicyclic amines) is 1. The van der Waals surface area contributed by atoms with E-state index >= 15 is 0 Å². The fourth-order valence-corrected chi connectivity index (χ4v) is 5.66. The third kappa shape index (κ3) is 3.92. The number of rotatable bonds is 5. The summed E-state index contributed by atoms with van der Waals surface area (Å²) in [6.07, 6.45) is 3.51. The Morgan fingerprint density at radius 2 is 1.80 bits per heavy atom. The first-order valence-electron chi connectivity index (χ1n) is 10.9. The second kappa shape index (κ2) is 7.64. The summed E-state index contributed by atoms with van der Waals surface area (Å²) in [5, 5.41) is 14.0. The van der Waals surface area contributed by atoms with Crippen LogP contribution in [0.4, 0.5) is 5.69 Å². The molecule has 5 nitrogen and oxygen atoms in total. The lowest BCUT2D eigenvalue weighted by Gasteiger charge is -2.26. The van der Waals surface area contributed by atoms with Gasteiger partial charge in [-0.3, -0.25) is 14.5 Å². The SMILES string of the molecule is O=C1CCc2cc(C(=O)CN3CC4CC(O)(Cc5ccccc5)C[C@H]4C3)ccc2N1. The number of amides is 1. The zero-order valence-corrected chi connectivity index (χ0v) is 17.1. The number of anilines is 1. The van der Waals surface area contributed by atoms with E-state index in [1.54, 1.807) is 0 Å². The van der Waals surface area contributed by atoms with Gasteiger partial charge in [-0.1, -0.05) is 30.3 Å². The van der Waals surface area contributed by atoms with Gasteiger partial charge in [-0.25, -0.2) is 0 Å². The minimum absolute atomic E-state index is 0.0393. The van der Waals surface area contributed by atoms with E-state index in [0.29, 0.717) is 37.6 Å². The number of hydrogen-bond donors (Lipinski definition) is 2. The van der Waals surface area contributed by atoms with Crippen LogP contribution in [0.15, 0.2) is 48.5 Å². The number of hydrogen-bond acceptors (Lipinski definition) is 4. The Morgan fingerprint density at radius 1 is 1.07 bits per heavy atom. The second-order valence-electron chi connectivity index (χ2n) is 9.35. The van der Waals surface area contributed by atoms with Crippen molar-refractivity contribution in [3.8, 4) is 0 Å². The number of ketones is 1. The summed E-state index contributed by atoms with van der Waals surface area (Å²) in [5.74, 6) is 1.10. The van der Waals surface area contributed by atoms with E-state index in [1.807, 2.05) is 36.4 Å². The van der Waals surface area contributed by atoms with Crippen LogP contribution in [0.1, 0.15) is 40.7 Å². The Bertz CT molecular complexity index is 958. The number of fused-ring (bicyclic) bond motifs is 2. The molecule has 1 saturated carbocycles. The molecule has 5 heteroatoms.